The van der Waals surface area contributed by atoms with Gasteiger partial charge in [-0.1, -0.05) is 22.9 Å². The number of H-pyrrole nitrogens is 1. The van der Waals surface area contributed by atoms with Gasteiger partial charge in [0.05, 0.1) is 11.0 Å². The molecule has 0 bridgehead atoms. The van der Waals surface area contributed by atoms with E-state index in [4.69, 9.17) is 0 Å². The van der Waals surface area contributed by atoms with Crippen molar-refractivity contribution in [1.82, 2.24) is 9.97 Å². The summed E-state index contributed by atoms with van der Waals surface area (Å²) in [5.74, 6) is 0. The number of hydrogen-bond acceptors (Lipinski definition) is 3. The van der Waals surface area contributed by atoms with Gasteiger partial charge >= 0.3 is 0 Å². The molecule has 0 saturated heterocycles. The largest absolute Gasteiger partial charge is 0.332 e. The van der Waals surface area contributed by atoms with Crippen molar-refractivity contribution < 1.29 is 0 Å². The van der Waals surface area contributed by atoms with Crippen molar-refractivity contribution in [2.24, 2.45) is 0 Å². The average molecular weight is 196 g/mol. The van der Waals surface area contributed by atoms with E-state index in [1.165, 1.54) is 0 Å². The molecule has 0 unspecified atom stereocenters. The molecule has 0 amide bonds. The molecule has 1 aromatic heterocycles. The third kappa shape index (κ3) is 1.44. The maximum absolute atomic E-state index is 4.39. The molecular formula is C8H8N2S2. The van der Waals surface area contributed by atoms with Crippen molar-refractivity contribution in [2.45, 2.75) is 5.16 Å². The fourth-order valence-corrected chi connectivity index (χ4v) is 2.20. The van der Waals surface area contributed by atoms with Crippen LogP contribution in [0.15, 0.2) is 29.4 Å². The Balaban J connectivity index is 2.47. The van der Waals surface area contributed by atoms with Gasteiger partial charge in [-0.15, -0.1) is 0 Å². The fraction of sp³-hybridized carbons (Fsp3) is 0.125. The highest BCUT2D eigenvalue weighted by Crippen LogP contribution is 2.27. The fourth-order valence-electron chi connectivity index (χ4n) is 1.05. The summed E-state index contributed by atoms with van der Waals surface area (Å²) in [4.78, 5) is 7.62. The molecular weight excluding hydrogens is 188 g/mol. The van der Waals surface area contributed by atoms with Crippen LogP contribution >= 0.6 is 21.6 Å². The standard InChI is InChI=1S/C8H8N2S2/c1-11-12-8-9-6-4-2-3-5-7(6)10-8/h2-5H,1H3,(H,9,10). The van der Waals surface area contributed by atoms with Crippen molar-refractivity contribution in [3.63, 3.8) is 0 Å². The molecule has 0 aliphatic carbocycles. The van der Waals surface area contributed by atoms with Gasteiger partial charge < -0.3 is 4.98 Å². The molecule has 0 fully saturated rings. The van der Waals surface area contributed by atoms with Gasteiger partial charge in [-0.2, -0.15) is 0 Å². The molecule has 0 radical (unpaired) electrons. The van der Waals surface area contributed by atoms with Crippen LogP contribution in [0, 0.1) is 0 Å². The molecule has 2 nitrogen and oxygen atoms in total. The normalized spacial score (nSPS) is 10.8. The second kappa shape index (κ2) is 3.41. The minimum absolute atomic E-state index is 0.976. The van der Waals surface area contributed by atoms with Crippen molar-refractivity contribution >= 4 is 32.6 Å². The highest BCUT2D eigenvalue weighted by molar-refractivity contribution is 8.76. The first kappa shape index (κ1) is 8.01. The number of nitrogens with zero attached hydrogens (tertiary/aromatic N) is 1. The van der Waals surface area contributed by atoms with Crippen LogP contribution in [-0.2, 0) is 0 Å². The van der Waals surface area contributed by atoms with E-state index >= 15 is 0 Å². The lowest BCUT2D eigenvalue weighted by Crippen LogP contribution is -1.66. The molecule has 12 heavy (non-hydrogen) atoms. The molecule has 2 rings (SSSR count). The van der Waals surface area contributed by atoms with E-state index < -0.39 is 0 Å². The number of imidazole rings is 1. The third-order valence-electron chi connectivity index (χ3n) is 1.53. The summed E-state index contributed by atoms with van der Waals surface area (Å²) in [5.41, 5.74) is 2.14. The van der Waals surface area contributed by atoms with Crippen LogP contribution in [0.25, 0.3) is 11.0 Å². The van der Waals surface area contributed by atoms with Crippen molar-refractivity contribution in [2.75, 3.05) is 6.26 Å². The van der Waals surface area contributed by atoms with Gasteiger partial charge in [-0.3, -0.25) is 0 Å². The Labute approximate surface area is 78.6 Å². The molecule has 62 valence electrons. The van der Waals surface area contributed by atoms with Crippen LogP contribution in [0.5, 0.6) is 0 Å². The highest BCUT2D eigenvalue weighted by atomic mass is 33.1. The van der Waals surface area contributed by atoms with Crippen LogP contribution in [0.2, 0.25) is 0 Å². The molecule has 2 aromatic rings. The van der Waals surface area contributed by atoms with Crippen LogP contribution in [0.1, 0.15) is 0 Å². The van der Waals surface area contributed by atoms with Gasteiger partial charge in [0.2, 0.25) is 0 Å². The molecule has 0 aliphatic rings. The lowest BCUT2D eigenvalue weighted by atomic mass is 10.3. The van der Waals surface area contributed by atoms with Gasteiger partial charge in [-0.25, -0.2) is 4.98 Å². The predicted octanol–water partition coefficient (Wildman–Crippen LogP) is 2.93. The lowest BCUT2D eigenvalue weighted by Gasteiger charge is -1.85. The Morgan fingerprint density at radius 2 is 2.17 bits per heavy atom. The van der Waals surface area contributed by atoms with Gasteiger partial charge in [0, 0.05) is 0 Å². The van der Waals surface area contributed by atoms with Gasteiger partial charge in [0.15, 0.2) is 5.16 Å². The lowest BCUT2D eigenvalue weighted by molar-refractivity contribution is 1.09. The maximum atomic E-state index is 4.39. The number of fused-ring (bicyclic) bond motifs is 1. The van der Waals surface area contributed by atoms with E-state index in [1.807, 2.05) is 30.5 Å². The summed E-state index contributed by atoms with van der Waals surface area (Å²) < 4.78 is 0. The zero-order valence-electron chi connectivity index (χ0n) is 6.57. The smallest absolute Gasteiger partial charge is 0.177 e. The average Bonchev–Trinajstić information content (AvgIpc) is 2.47. The summed E-state index contributed by atoms with van der Waals surface area (Å²) in [5, 5.41) is 0.976. The number of para-hydroxylation sites is 2. The SMILES string of the molecule is CSSc1nc2ccccc2[nH]1. The van der Waals surface area contributed by atoms with Crippen LogP contribution in [0.4, 0.5) is 0 Å². The maximum Gasteiger partial charge on any atom is 0.177 e. The summed E-state index contributed by atoms with van der Waals surface area (Å²) in [6.07, 6.45) is 2.04. The molecule has 0 atom stereocenters. The zero-order valence-corrected chi connectivity index (χ0v) is 8.21. The zero-order chi connectivity index (χ0) is 8.39. The van der Waals surface area contributed by atoms with E-state index in [2.05, 4.69) is 9.97 Å². The summed E-state index contributed by atoms with van der Waals surface area (Å²) in [7, 11) is 3.34. The van der Waals surface area contributed by atoms with Crippen molar-refractivity contribution in [3.8, 4) is 0 Å². The minimum Gasteiger partial charge on any atom is -0.332 e. The molecule has 1 N–H and O–H groups in total. The van der Waals surface area contributed by atoms with Crippen LogP contribution < -0.4 is 0 Å². The molecule has 0 aliphatic heterocycles. The number of aromatic amines is 1. The first-order valence-corrected chi connectivity index (χ1v) is 6.11. The molecule has 1 aromatic carbocycles. The number of benzene rings is 1. The second-order valence-corrected chi connectivity index (χ2v) is 4.70. The second-order valence-electron chi connectivity index (χ2n) is 2.31. The summed E-state index contributed by atoms with van der Waals surface area (Å²) in [6.45, 7) is 0. The monoisotopic (exact) mass is 196 g/mol. The first-order chi connectivity index (χ1) is 5.90. The Morgan fingerprint density at radius 1 is 1.33 bits per heavy atom. The third-order valence-corrected chi connectivity index (χ3v) is 3.02. The number of nitrogens with one attached hydrogen (secondary N) is 1. The minimum atomic E-state index is 0.976. The Hall–Kier alpha value is -0.610. The summed E-state index contributed by atoms with van der Waals surface area (Å²) >= 11 is 0. The van der Waals surface area contributed by atoms with Crippen molar-refractivity contribution in [3.05, 3.63) is 24.3 Å². The Bertz CT molecular complexity index is 350. The van der Waals surface area contributed by atoms with Gasteiger partial charge in [0.1, 0.15) is 0 Å². The number of hydrogen-bond donors (Lipinski definition) is 1. The van der Waals surface area contributed by atoms with E-state index in [0.29, 0.717) is 0 Å². The van der Waals surface area contributed by atoms with Gasteiger partial charge in [0.25, 0.3) is 0 Å². The Kier molecular flexibility index (Phi) is 2.28. The van der Waals surface area contributed by atoms with Crippen LogP contribution in [0.3, 0.4) is 0 Å². The topological polar surface area (TPSA) is 28.7 Å². The van der Waals surface area contributed by atoms with Crippen molar-refractivity contribution in [1.29, 1.82) is 0 Å². The molecule has 0 saturated carbocycles. The number of aromatic nitrogens is 2. The van der Waals surface area contributed by atoms with E-state index in [0.717, 1.165) is 16.2 Å². The molecule has 4 heteroatoms. The van der Waals surface area contributed by atoms with E-state index in [-0.39, 0.29) is 0 Å². The predicted molar refractivity (Wildman–Crippen MR) is 55.5 cm³/mol. The molecule has 1 heterocycles. The molecule has 0 spiro atoms. The summed E-state index contributed by atoms with van der Waals surface area (Å²) in [6, 6.07) is 8.05. The quantitative estimate of drug-likeness (QED) is 0.749. The van der Waals surface area contributed by atoms with E-state index in [9.17, 15) is 0 Å². The van der Waals surface area contributed by atoms with E-state index in [1.54, 1.807) is 21.6 Å². The number of rotatable bonds is 2. The van der Waals surface area contributed by atoms with Crippen LogP contribution in [-0.4, -0.2) is 16.2 Å². The first-order valence-electron chi connectivity index (χ1n) is 3.55. The highest BCUT2D eigenvalue weighted by Gasteiger charge is 2.00. The van der Waals surface area contributed by atoms with Gasteiger partial charge in [-0.05, 0) is 29.2 Å². The Morgan fingerprint density at radius 3 is 2.92 bits per heavy atom.